The first-order valence-corrected chi connectivity index (χ1v) is 8.79. The number of benzene rings is 1. The number of methoxy groups -OCH3 is 1. The first kappa shape index (κ1) is 17.6. The Labute approximate surface area is 147 Å². The van der Waals surface area contributed by atoms with E-state index in [4.69, 9.17) is 4.74 Å². The van der Waals surface area contributed by atoms with Crippen LogP contribution >= 0.6 is 0 Å². The molecule has 0 spiro atoms. The first-order valence-electron chi connectivity index (χ1n) is 8.79. The summed E-state index contributed by atoms with van der Waals surface area (Å²) in [6.07, 6.45) is 2.14. The van der Waals surface area contributed by atoms with Gasteiger partial charge in [0.1, 0.15) is 5.69 Å². The lowest BCUT2D eigenvalue weighted by Crippen LogP contribution is -2.40. The number of amides is 1. The fourth-order valence-corrected chi connectivity index (χ4v) is 3.29. The van der Waals surface area contributed by atoms with Gasteiger partial charge in [0.25, 0.3) is 5.91 Å². The molecule has 1 aromatic carbocycles. The Morgan fingerprint density at radius 1 is 1.32 bits per heavy atom. The molecular weight excluding hydrogens is 318 g/mol. The second-order valence-corrected chi connectivity index (χ2v) is 6.58. The number of rotatable bonds is 6. The van der Waals surface area contributed by atoms with E-state index in [0.29, 0.717) is 29.1 Å². The van der Waals surface area contributed by atoms with Crippen molar-refractivity contribution >= 4 is 16.8 Å². The molecule has 1 saturated heterocycles. The Kier molecular flexibility index (Phi) is 5.83. The van der Waals surface area contributed by atoms with Gasteiger partial charge in [0.05, 0.1) is 6.61 Å². The normalized spacial score (nSPS) is 16.2. The zero-order chi connectivity index (χ0) is 17.6. The quantitative estimate of drug-likeness (QED) is 0.836. The molecule has 2 heterocycles. The van der Waals surface area contributed by atoms with Gasteiger partial charge < -0.3 is 19.9 Å². The van der Waals surface area contributed by atoms with E-state index in [9.17, 15) is 9.59 Å². The number of likely N-dealkylation sites (tertiary alicyclic amines) is 1. The largest absolute Gasteiger partial charge is 0.383 e. The van der Waals surface area contributed by atoms with Gasteiger partial charge in [0.2, 0.25) is 0 Å². The zero-order valence-corrected chi connectivity index (χ0v) is 14.6. The summed E-state index contributed by atoms with van der Waals surface area (Å²) in [6.45, 7) is 4.45. The molecule has 6 heteroatoms. The summed E-state index contributed by atoms with van der Waals surface area (Å²) in [7, 11) is 1.72. The number of carbonyl (C=O) groups excluding carboxylic acids is 1. The van der Waals surface area contributed by atoms with Crippen molar-refractivity contribution in [2.24, 2.45) is 5.92 Å². The fraction of sp³-hybridized carbons (Fsp3) is 0.474. The van der Waals surface area contributed by atoms with Crippen molar-refractivity contribution in [3.05, 3.63) is 46.2 Å². The number of carbonyl (C=O) groups is 1. The van der Waals surface area contributed by atoms with Crippen LogP contribution in [0.15, 0.2) is 35.1 Å². The van der Waals surface area contributed by atoms with Crippen molar-refractivity contribution < 1.29 is 9.53 Å². The van der Waals surface area contributed by atoms with Crippen LogP contribution in [0.2, 0.25) is 0 Å². The maximum atomic E-state index is 12.4. The average molecular weight is 343 g/mol. The molecule has 0 saturated carbocycles. The van der Waals surface area contributed by atoms with Gasteiger partial charge >= 0.3 is 0 Å². The van der Waals surface area contributed by atoms with Crippen LogP contribution in [0.4, 0.5) is 0 Å². The highest BCUT2D eigenvalue weighted by molar-refractivity contribution is 5.94. The van der Waals surface area contributed by atoms with Gasteiger partial charge in [-0.2, -0.15) is 0 Å². The van der Waals surface area contributed by atoms with Gasteiger partial charge in [-0.15, -0.1) is 0 Å². The summed E-state index contributed by atoms with van der Waals surface area (Å²) in [6, 6.07) is 8.61. The number of piperidine rings is 1. The van der Waals surface area contributed by atoms with Crippen LogP contribution in [-0.4, -0.2) is 55.7 Å². The van der Waals surface area contributed by atoms with Crippen LogP contribution in [0, 0.1) is 5.92 Å². The molecular formula is C19H25N3O3. The Morgan fingerprint density at radius 2 is 2.08 bits per heavy atom. The van der Waals surface area contributed by atoms with Crippen molar-refractivity contribution in [1.29, 1.82) is 0 Å². The Bertz CT molecular complexity index is 779. The predicted molar refractivity (Wildman–Crippen MR) is 97.9 cm³/mol. The molecule has 6 nitrogen and oxygen atoms in total. The number of hydrogen-bond donors (Lipinski definition) is 2. The van der Waals surface area contributed by atoms with Crippen LogP contribution in [0.5, 0.6) is 0 Å². The lowest BCUT2D eigenvalue weighted by molar-refractivity contribution is 0.0921. The number of fused-ring (bicyclic) bond motifs is 1. The highest BCUT2D eigenvalue weighted by Crippen LogP contribution is 2.16. The zero-order valence-electron chi connectivity index (χ0n) is 14.6. The molecule has 134 valence electrons. The molecule has 0 unspecified atom stereocenters. The maximum Gasteiger partial charge on any atom is 0.267 e. The summed E-state index contributed by atoms with van der Waals surface area (Å²) in [4.78, 5) is 29.9. The average Bonchev–Trinajstić information content (AvgIpc) is 2.65. The number of pyridine rings is 1. The second-order valence-electron chi connectivity index (χ2n) is 6.58. The summed E-state index contributed by atoms with van der Waals surface area (Å²) < 4.78 is 5.11. The summed E-state index contributed by atoms with van der Waals surface area (Å²) in [5, 5.41) is 3.57. The van der Waals surface area contributed by atoms with Crippen molar-refractivity contribution in [1.82, 2.24) is 15.2 Å². The lowest BCUT2D eigenvalue weighted by Gasteiger charge is -2.31. The molecule has 0 aliphatic carbocycles. The molecule has 2 N–H and O–H groups in total. The Morgan fingerprint density at radius 3 is 2.84 bits per heavy atom. The SMILES string of the molecule is COCCN1CCC(CNC(=O)c2cc(=O)c3ccccc3[nH]2)CC1. The van der Waals surface area contributed by atoms with Gasteiger partial charge in [0.15, 0.2) is 5.43 Å². The van der Waals surface area contributed by atoms with Crippen LogP contribution in [-0.2, 0) is 4.74 Å². The molecule has 0 bridgehead atoms. The highest BCUT2D eigenvalue weighted by Gasteiger charge is 2.20. The number of hydrogen-bond acceptors (Lipinski definition) is 4. The first-order chi connectivity index (χ1) is 12.2. The molecule has 3 rings (SSSR count). The van der Waals surface area contributed by atoms with Crippen LogP contribution in [0.3, 0.4) is 0 Å². The second kappa shape index (κ2) is 8.27. The van der Waals surface area contributed by atoms with Crippen molar-refractivity contribution in [2.45, 2.75) is 12.8 Å². The van der Waals surface area contributed by atoms with E-state index in [-0.39, 0.29) is 11.3 Å². The van der Waals surface area contributed by atoms with E-state index in [0.717, 1.165) is 39.1 Å². The smallest absolute Gasteiger partial charge is 0.267 e. The lowest BCUT2D eigenvalue weighted by atomic mass is 9.97. The summed E-state index contributed by atoms with van der Waals surface area (Å²) in [5.41, 5.74) is 0.874. The topological polar surface area (TPSA) is 74.4 Å². The van der Waals surface area contributed by atoms with Crippen molar-refractivity contribution in [2.75, 3.05) is 39.9 Å². The van der Waals surface area contributed by atoms with Gasteiger partial charge in [-0.05, 0) is 44.0 Å². The number of nitrogens with one attached hydrogen (secondary N) is 2. The Balaban J connectivity index is 1.54. The maximum absolute atomic E-state index is 12.4. The van der Waals surface area contributed by atoms with Gasteiger partial charge in [-0.3, -0.25) is 9.59 Å². The van der Waals surface area contributed by atoms with E-state index in [1.165, 1.54) is 6.07 Å². The van der Waals surface area contributed by atoms with Gasteiger partial charge in [-0.1, -0.05) is 12.1 Å². The molecule has 0 atom stereocenters. The minimum atomic E-state index is -0.218. The monoisotopic (exact) mass is 343 g/mol. The standard InChI is InChI=1S/C19H25N3O3/c1-25-11-10-22-8-6-14(7-9-22)13-20-19(24)17-12-18(23)15-4-2-3-5-16(15)21-17/h2-5,12,14H,6-11,13H2,1H3,(H,20,24)(H,21,23). The number of para-hydroxylation sites is 1. The highest BCUT2D eigenvalue weighted by atomic mass is 16.5. The van der Waals surface area contributed by atoms with E-state index in [1.807, 2.05) is 18.2 Å². The third kappa shape index (κ3) is 4.46. The van der Waals surface area contributed by atoms with Crippen molar-refractivity contribution in [3.8, 4) is 0 Å². The molecule has 1 aliphatic rings. The van der Waals surface area contributed by atoms with Gasteiger partial charge in [-0.25, -0.2) is 0 Å². The van der Waals surface area contributed by atoms with E-state index in [1.54, 1.807) is 13.2 Å². The molecule has 1 fully saturated rings. The molecule has 1 aromatic heterocycles. The Hall–Kier alpha value is -2.18. The molecule has 0 radical (unpaired) electrons. The minimum Gasteiger partial charge on any atom is -0.383 e. The summed E-state index contributed by atoms with van der Waals surface area (Å²) >= 11 is 0. The van der Waals surface area contributed by atoms with E-state index < -0.39 is 0 Å². The molecule has 1 aliphatic heterocycles. The number of aromatic nitrogens is 1. The third-order valence-electron chi connectivity index (χ3n) is 4.85. The minimum absolute atomic E-state index is 0.133. The fourth-order valence-electron chi connectivity index (χ4n) is 3.29. The summed E-state index contributed by atoms with van der Waals surface area (Å²) in [5.74, 6) is 0.264. The van der Waals surface area contributed by atoms with Crippen LogP contribution in [0.1, 0.15) is 23.3 Å². The molecule has 1 amide bonds. The van der Waals surface area contributed by atoms with Crippen molar-refractivity contribution in [3.63, 3.8) is 0 Å². The van der Waals surface area contributed by atoms with Crippen LogP contribution in [0.25, 0.3) is 10.9 Å². The van der Waals surface area contributed by atoms with Gasteiger partial charge in [0, 0.05) is 37.2 Å². The molecule has 2 aromatic rings. The predicted octanol–water partition coefficient (Wildman–Crippen LogP) is 1.62. The third-order valence-corrected chi connectivity index (χ3v) is 4.85. The molecule has 25 heavy (non-hydrogen) atoms. The number of ether oxygens (including phenoxy) is 1. The van der Waals surface area contributed by atoms with E-state index in [2.05, 4.69) is 15.2 Å². The number of H-pyrrole nitrogens is 1. The number of nitrogens with zero attached hydrogens (tertiary/aromatic N) is 1. The van der Waals surface area contributed by atoms with Crippen LogP contribution < -0.4 is 10.7 Å². The van der Waals surface area contributed by atoms with E-state index >= 15 is 0 Å². The number of aromatic amines is 1.